The summed E-state index contributed by atoms with van der Waals surface area (Å²) in [4.78, 5) is 88.6. The number of oxazole rings is 1. The van der Waals surface area contributed by atoms with Crippen molar-refractivity contribution in [3.8, 4) is 11.5 Å². The second kappa shape index (κ2) is 23.7. The van der Waals surface area contributed by atoms with Crippen molar-refractivity contribution in [3.05, 3.63) is 190 Å². The fourth-order valence-electron chi connectivity index (χ4n) is 9.92. The fourth-order valence-corrected chi connectivity index (χ4v) is 10.8. The Kier molecular flexibility index (Phi) is 15.6. The lowest BCUT2D eigenvalue weighted by Crippen LogP contribution is -2.50. The van der Waals surface area contributed by atoms with E-state index in [-0.39, 0.29) is 53.2 Å². The topological polar surface area (TPSA) is 273 Å². The first kappa shape index (κ1) is 54.6. The second-order valence-corrected chi connectivity index (χ2v) is 20.4. The average molecular weight is 1130 g/mol. The number of tetrazole rings is 2. The minimum atomic E-state index is -0.565. The predicted octanol–water partition coefficient (Wildman–Crippen LogP) is 7.12. The number of carbonyl (C=O) groups is 5. The van der Waals surface area contributed by atoms with Gasteiger partial charge in [0.25, 0.3) is 17.7 Å². The van der Waals surface area contributed by atoms with E-state index < -0.39 is 11.9 Å². The third-order valence-corrected chi connectivity index (χ3v) is 14.5. The summed E-state index contributed by atoms with van der Waals surface area (Å²) in [6, 6.07) is 35.3. The first-order valence-electron chi connectivity index (χ1n) is 26.3. The number of nitrogens with zero attached hydrogens (tertiary/aromatic N) is 15. The molecule has 6 aromatic heterocycles. The Morgan fingerprint density at radius 1 is 0.675 bits per heavy atom. The van der Waals surface area contributed by atoms with Gasteiger partial charge in [0.15, 0.2) is 11.4 Å². The molecule has 3 N–H and O–H groups in total. The zero-order valence-corrected chi connectivity index (χ0v) is 46.4. The summed E-state index contributed by atoms with van der Waals surface area (Å²) in [6.45, 7) is 4.85. The predicted molar refractivity (Wildman–Crippen MR) is 310 cm³/mol. The van der Waals surface area contributed by atoms with Gasteiger partial charge >= 0.3 is 0 Å². The van der Waals surface area contributed by atoms with Crippen molar-refractivity contribution in [3.63, 3.8) is 0 Å². The van der Waals surface area contributed by atoms with Gasteiger partial charge in [0.2, 0.25) is 23.5 Å². The van der Waals surface area contributed by atoms with E-state index in [0.29, 0.717) is 83.1 Å². The molecule has 4 aromatic carbocycles. The van der Waals surface area contributed by atoms with Crippen molar-refractivity contribution >= 4 is 80.4 Å². The molecular weight excluding hydrogens is 1080 g/mol. The molecule has 1 aliphatic rings. The molecule has 1 aliphatic heterocycles. The van der Waals surface area contributed by atoms with E-state index >= 15 is 0 Å². The maximum absolute atomic E-state index is 14.3. The smallest absolute Gasteiger partial charge is 0.276 e. The van der Waals surface area contributed by atoms with Gasteiger partial charge in [-0.1, -0.05) is 60.7 Å². The van der Waals surface area contributed by atoms with E-state index in [1.54, 1.807) is 89.4 Å². The van der Waals surface area contributed by atoms with E-state index in [9.17, 15) is 24.0 Å². The van der Waals surface area contributed by atoms with Crippen LogP contribution >= 0.6 is 11.3 Å². The maximum Gasteiger partial charge on any atom is 0.276 e. The molecule has 0 radical (unpaired) electrons. The van der Waals surface area contributed by atoms with Gasteiger partial charge in [-0.3, -0.25) is 38.8 Å². The van der Waals surface area contributed by atoms with Gasteiger partial charge in [-0.15, -0.1) is 31.7 Å². The number of rotatable bonds is 17. The molecule has 1 fully saturated rings. The van der Waals surface area contributed by atoms with Crippen LogP contribution in [0.2, 0.25) is 0 Å². The number of thiophene rings is 1. The highest BCUT2D eigenvalue weighted by Gasteiger charge is 2.33. The van der Waals surface area contributed by atoms with Crippen LogP contribution in [0.5, 0.6) is 0 Å². The molecule has 0 spiro atoms. The third kappa shape index (κ3) is 12.2. The van der Waals surface area contributed by atoms with E-state index in [0.717, 1.165) is 22.4 Å². The lowest BCUT2D eigenvalue weighted by molar-refractivity contribution is -0.115. The molecule has 5 amide bonds. The Bertz CT molecular complexity index is 4040. The monoisotopic (exact) mass is 1130 g/mol. The summed E-state index contributed by atoms with van der Waals surface area (Å²) in [6.07, 6.45) is 2.98. The Morgan fingerprint density at radius 3 is 2.13 bits per heavy atom. The molecule has 0 aliphatic carbocycles. The van der Waals surface area contributed by atoms with Crippen molar-refractivity contribution < 1.29 is 28.4 Å². The molecule has 11 rings (SSSR count). The standard InChI is InChI=1S/C58H54N18O6S/c1-35(77)61-42-15-10-16-43(30-42)63-55(79)40-19-21-60-47(28-40)58(81)75-25-23-74(24-26-75)52(38-12-7-6-8-13-38)54-66-70-76(68-54)32-37-11-9-14-39(27-37)51(53-65-69-73(5)67-53)71(3)48-33-83-34-49(48)72(4)57(80)46-29-41(20-22-59-46)56-64-45-31-44(62-36(2)78)17-18-50(45)82-56/h6-22,27-31,33-34,51-52H,23-26,32H2,1-5H3,(H,61,77)(H,62,78)(H,63,79). The quantitative estimate of drug-likeness (QED) is 0.0818. The Balaban J connectivity index is 0.778. The normalized spacial score (nSPS) is 13.3. The number of anilines is 5. The third-order valence-electron chi connectivity index (χ3n) is 13.8. The average Bonchev–Trinajstić information content (AvgIpc) is 4.56. The van der Waals surface area contributed by atoms with Crippen LogP contribution < -0.4 is 25.8 Å². The fraction of sp³-hybridized carbons (Fsp3) is 0.207. The van der Waals surface area contributed by atoms with E-state index in [1.165, 1.54) is 48.4 Å². The van der Waals surface area contributed by atoms with Gasteiger partial charge in [0.1, 0.15) is 22.9 Å². The Morgan fingerprint density at radius 2 is 1.37 bits per heavy atom. The Labute approximate surface area is 478 Å². The molecule has 25 heteroatoms. The lowest BCUT2D eigenvalue weighted by Gasteiger charge is -2.38. The largest absolute Gasteiger partial charge is 0.436 e. The van der Waals surface area contributed by atoms with E-state index in [1.807, 2.05) is 77.3 Å². The molecule has 83 heavy (non-hydrogen) atoms. The van der Waals surface area contributed by atoms with Crippen LogP contribution in [0, 0.1) is 0 Å². The van der Waals surface area contributed by atoms with E-state index in [4.69, 9.17) is 9.52 Å². The molecule has 2 atom stereocenters. The van der Waals surface area contributed by atoms with Crippen LogP contribution in [0.15, 0.2) is 149 Å². The first-order valence-corrected chi connectivity index (χ1v) is 27.2. The van der Waals surface area contributed by atoms with Gasteiger partial charge in [-0.05, 0) is 87.8 Å². The number of hydrogen-bond donors (Lipinski definition) is 3. The summed E-state index contributed by atoms with van der Waals surface area (Å²) in [7, 11) is 5.32. The highest BCUT2D eigenvalue weighted by molar-refractivity contribution is 7.09. The Hall–Kier alpha value is -10.4. The van der Waals surface area contributed by atoms with Crippen LogP contribution in [0.3, 0.4) is 0 Å². The minimum Gasteiger partial charge on any atom is -0.436 e. The summed E-state index contributed by atoms with van der Waals surface area (Å²) < 4.78 is 6.04. The molecule has 418 valence electrons. The number of aryl methyl sites for hydroxylation is 1. The molecule has 0 bridgehead atoms. The summed E-state index contributed by atoms with van der Waals surface area (Å²) in [5.74, 6) is -0.307. The van der Waals surface area contributed by atoms with Gasteiger partial charge in [-0.25, -0.2) is 4.98 Å². The summed E-state index contributed by atoms with van der Waals surface area (Å²) in [5.41, 5.74) is 7.84. The van der Waals surface area contributed by atoms with Crippen molar-refractivity contribution in [1.82, 2.24) is 65.2 Å². The number of pyridine rings is 2. The lowest BCUT2D eigenvalue weighted by atomic mass is 10.0. The van der Waals surface area contributed by atoms with Crippen molar-refractivity contribution in [2.75, 3.05) is 66.0 Å². The van der Waals surface area contributed by atoms with Crippen molar-refractivity contribution in [2.24, 2.45) is 7.05 Å². The molecule has 1 saturated heterocycles. The van der Waals surface area contributed by atoms with Gasteiger partial charge in [-0.2, -0.15) is 9.59 Å². The van der Waals surface area contributed by atoms with Crippen LogP contribution in [0.4, 0.5) is 28.4 Å². The number of fused-ring (bicyclic) bond motifs is 1. The zero-order chi connectivity index (χ0) is 57.7. The minimum absolute atomic E-state index is 0.144. The van der Waals surface area contributed by atoms with Crippen molar-refractivity contribution in [1.29, 1.82) is 0 Å². The maximum atomic E-state index is 14.3. The van der Waals surface area contributed by atoms with Crippen LogP contribution in [0.25, 0.3) is 22.6 Å². The second-order valence-electron chi connectivity index (χ2n) is 19.7. The number of hydrogen-bond acceptors (Lipinski definition) is 18. The first-order chi connectivity index (χ1) is 40.2. The van der Waals surface area contributed by atoms with Crippen LogP contribution in [-0.4, -0.2) is 135 Å². The molecule has 0 saturated carbocycles. The molecule has 24 nitrogen and oxygen atoms in total. The summed E-state index contributed by atoms with van der Waals surface area (Å²) >= 11 is 1.44. The van der Waals surface area contributed by atoms with Gasteiger partial charge in [0, 0.05) is 105 Å². The van der Waals surface area contributed by atoms with E-state index in [2.05, 4.69) is 61.5 Å². The summed E-state index contributed by atoms with van der Waals surface area (Å²) in [5, 5.41) is 39.6. The zero-order valence-electron chi connectivity index (χ0n) is 45.6. The van der Waals surface area contributed by atoms with Crippen molar-refractivity contribution in [2.45, 2.75) is 32.5 Å². The number of aromatic nitrogens is 11. The number of piperazine rings is 1. The van der Waals surface area contributed by atoms with Crippen LogP contribution in [-0.2, 0) is 23.2 Å². The van der Waals surface area contributed by atoms with Crippen LogP contribution in [0.1, 0.15) is 85.6 Å². The molecule has 7 heterocycles. The SMILES string of the molecule is CC(=O)Nc1cccc(NC(=O)c2ccnc(C(=O)N3CCN(C(c4ccccc4)c4nnn(Cc5cccc(C(c6nnn(C)n6)N(C)c6cscc6N(C)C(=O)c6cc(-c7nc8cc(NC(C)=O)ccc8o7)ccn6)c5)n4)CC3)c2)c1. The van der Waals surface area contributed by atoms with Gasteiger partial charge < -0.3 is 35.1 Å². The number of nitrogens with one attached hydrogen (secondary N) is 3. The molecule has 2 unspecified atom stereocenters. The number of benzene rings is 4. The molecule has 10 aromatic rings. The van der Waals surface area contributed by atoms with Gasteiger partial charge in [0.05, 0.1) is 31.0 Å². The number of carbonyl (C=O) groups excluding carboxylic acids is 5. The molecular formula is C58H54N18O6S. The number of amides is 5. The highest BCUT2D eigenvalue weighted by Crippen LogP contribution is 2.39. The highest BCUT2D eigenvalue weighted by atomic mass is 32.1.